The van der Waals surface area contributed by atoms with Gasteiger partial charge in [-0.2, -0.15) is 0 Å². The van der Waals surface area contributed by atoms with Crippen LogP contribution < -0.4 is 20.7 Å². The highest BCUT2D eigenvalue weighted by Crippen LogP contribution is 2.32. The smallest absolute Gasteiger partial charge is 0.406 e. The van der Waals surface area contributed by atoms with Crippen LogP contribution in [-0.4, -0.2) is 48.2 Å². The molecule has 178 valence electrons. The number of hydrogen-bond acceptors (Lipinski definition) is 8. The van der Waals surface area contributed by atoms with Crippen molar-refractivity contribution in [2.45, 2.75) is 6.36 Å². The lowest BCUT2D eigenvalue weighted by molar-refractivity contribution is -0.274. The van der Waals surface area contributed by atoms with E-state index in [1.54, 1.807) is 0 Å². The van der Waals surface area contributed by atoms with Crippen LogP contribution >= 0.6 is 11.3 Å². The third-order valence-electron chi connectivity index (χ3n) is 5.25. The molecule has 1 aliphatic heterocycles. The molecule has 0 bridgehead atoms. The van der Waals surface area contributed by atoms with E-state index in [0.717, 1.165) is 61.0 Å². The third kappa shape index (κ3) is 5.60. The summed E-state index contributed by atoms with van der Waals surface area (Å²) >= 11 is 1.03. The Hall–Kier alpha value is -3.73. The van der Waals surface area contributed by atoms with Gasteiger partial charge in [-0.15, -0.1) is 13.2 Å². The fourth-order valence-corrected chi connectivity index (χ4v) is 4.42. The first-order valence-electron chi connectivity index (χ1n) is 10.4. The number of rotatable bonds is 7. The van der Waals surface area contributed by atoms with E-state index < -0.39 is 17.9 Å². The van der Waals surface area contributed by atoms with E-state index in [2.05, 4.69) is 31.4 Å². The van der Waals surface area contributed by atoms with Gasteiger partial charge < -0.3 is 25.6 Å². The zero-order valence-corrected chi connectivity index (χ0v) is 18.8. The molecule has 0 saturated carbocycles. The lowest BCUT2D eigenvalue weighted by Crippen LogP contribution is -2.43. The summed E-state index contributed by atoms with van der Waals surface area (Å²) in [6.45, 7) is 7.46. The first-order chi connectivity index (χ1) is 16.2. The number of nitrogens with two attached hydrogens (primary N) is 1. The van der Waals surface area contributed by atoms with Gasteiger partial charge in [0.15, 0.2) is 5.13 Å². The second-order valence-corrected chi connectivity index (χ2v) is 8.51. The molecule has 34 heavy (non-hydrogen) atoms. The van der Waals surface area contributed by atoms with Crippen molar-refractivity contribution in [3.8, 4) is 5.75 Å². The van der Waals surface area contributed by atoms with E-state index in [9.17, 15) is 18.0 Å². The minimum Gasteiger partial charge on any atom is -0.406 e. The van der Waals surface area contributed by atoms with E-state index in [4.69, 9.17) is 5.73 Å². The number of thiazole rings is 1. The Kier molecular flexibility index (Phi) is 6.64. The van der Waals surface area contributed by atoms with Crippen LogP contribution in [0.1, 0.15) is 15.2 Å². The number of carbonyl (C=O) groups is 1. The van der Waals surface area contributed by atoms with Crippen molar-refractivity contribution in [3.05, 3.63) is 71.8 Å². The van der Waals surface area contributed by atoms with Crippen LogP contribution in [0.25, 0.3) is 0 Å². The van der Waals surface area contributed by atoms with Crippen molar-refractivity contribution in [1.29, 1.82) is 0 Å². The van der Waals surface area contributed by atoms with Crippen LogP contribution in [0.5, 0.6) is 5.75 Å². The van der Waals surface area contributed by atoms with Crippen molar-refractivity contribution in [2.24, 2.45) is 0 Å². The fraction of sp³-hybridized carbons (Fsp3) is 0.217. The molecule has 2 aromatic carbocycles. The fourth-order valence-electron chi connectivity index (χ4n) is 3.56. The van der Waals surface area contributed by atoms with Crippen molar-refractivity contribution in [1.82, 2.24) is 9.88 Å². The number of alkyl halides is 3. The maximum atomic E-state index is 12.8. The summed E-state index contributed by atoms with van der Waals surface area (Å²) in [6, 6.07) is 12.7. The van der Waals surface area contributed by atoms with Gasteiger partial charge in [0.05, 0.1) is 0 Å². The monoisotopic (exact) mass is 489 g/mol. The molecule has 2 heterocycles. The number of nitrogens with zero attached hydrogens (tertiary/aromatic N) is 3. The predicted molar refractivity (Wildman–Crippen MR) is 127 cm³/mol. The van der Waals surface area contributed by atoms with Gasteiger partial charge in [-0.05, 0) is 42.6 Å². The third-order valence-corrected chi connectivity index (χ3v) is 6.23. The van der Waals surface area contributed by atoms with Crippen molar-refractivity contribution < 1.29 is 22.7 Å². The number of nitrogen functional groups attached to an aromatic ring is 1. The van der Waals surface area contributed by atoms with Crippen LogP contribution in [0.2, 0.25) is 0 Å². The molecule has 0 aliphatic carbocycles. The Morgan fingerprint density at radius 1 is 1.15 bits per heavy atom. The molecule has 1 aromatic heterocycles. The van der Waals surface area contributed by atoms with Crippen molar-refractivity contribution in [3.63, 3.8) is 0 Å². The second-order valence-electron chi connectivity index (χ2n) is 7.52. The van der Waals surface area contributed by atoms with Crippen molar-refractivity contribution in [2.75, 3.05) is 42.1 Å². The van der Waals surface area contributed by atoms with Crippen LogP contribution in [-0.2, 0) is 0 Å². The zero-order chi connectivity index (χ0) is 24.3. The lowest BCUT2D eigenvalue weighted by Gasteiger charge is -2.35. The van der Waals surface area contributed by atoms with Gasteiger partial charge >= 0.3 is 6.36 Å². The number of nitrogens with one attached hydrogen (secondary N) is 1. The molecule has 0 spiro atoms. The normalized spacial score (nSPS) is 14.1. The molecule has 1 saturated heterocycles. The average molecular weight is 490 g/mol. The molecule has 4 rings (SSSR count). The maximum Gasteiger partial charge on any atom is 0.573 e. The predicted octanol–water partition coefficient (Wildman–Crippen LogP) is 4.86. The molecule has 0 unspecified atom stereocenters. The molecule has 11 heteroatoms. The largest absolute Gasteiger partial charge is 0.573 e. The Labute approximate surface area is 198 Å². The van der Waals surface area contributed by atoms with Crippen LogP contribution in [0.4, 0.5) is 35.5 Å². The van der Waals surface area contributed by atoms with Crippen LogP contribution in [0, 0.1) is 0 Å². The molecular weight excluding hydrogens is 467 g/mol. The Balaban J connectivity index is 1.44. The van der Waals surface area contributed by atoms with Gasteiger partial charge in [0, 0.05) is 43.1 Å². The number of carbonyl (C=O) groups excluding carboxylic acids is 1. The van der Waals surface area contributed by atoms with E-state index in [1.165, 1.54) is 12.1 Å². The van der Waals surface area contributed by atoms with Gasteiger partial charge in [0.1, 0.15) is 16.4 Å². The summed E-state index contributed by atoms with van der Waals surface area (Å²) in [6.07, 6.45) is -2.99. The Bertz CT molecular complexity index is 1170. The minimum atomic E-state index is -4.85. The van der Waals surface area contributed by atoms with E-state index in [1.807, 2.05) is 30.5 Å². The summed E-state index contributed by atoms with van der Waals surface area (Å²) in [5.74, 6) is -1.02. The molecule has 1 aliphatic rings. The summed E-state index contributed by atoms with van der Waals surface area (Å²) in [4.78, 5) is 21.6. The zero-order valence-electron chi connectivity index (χ0n) is 18.0. The Morgan fingerprint density at radius 3 is 2.50 bits per heavy atom. The van der Waals surface area contributed by atoms with E-state index in [-0.39, 0.29) is 16.3 Å². The number of ether oxygens (including phenoxy) is 1. The second kappa shape index (κ2) is 9.64. The molecule has 0 radical (unpaired) electrons. The lowest BCUT2D eigenvalue weighted by atomic mass is 10.1. The van der Waals surface area contributed by atoms with E-state index >= 15 is 0 Å². The SMILES string of the molecule is C=CN1CCN(c2ccc(Nc3nc(N)c(C(=O)c4cccc(OC(F)(F)F)c4)s3)cc2)CC1. The number of halogens is 3. The summed E-state index contributed by atoms with van der Waals surface area (Å²) in [5, 5.41) is 3.52. The maximum absolute atomic E-state index is 12.8. The quantitative estimate of drug-likeness (QED) is 0.459. The van der Waals surface area contributed by atoms with Gasteiger partial charge in [0.25, 0.3) is 0 Å². The molecular formula is C23H22F3N5O2S. The standard InChI is InChI=1S/C23H22F3N5O2S/c1-2-30-10-12-31(13-11-30)17-8-6-16(7-9-17)28-22-29-21(27)20(34-22)19(32)15-4-3-5-18(14-15)33-23(24,25)26/h2-9,14H,1,10-13,27H2,(H,28,29). The van der Waals surface area contributed by atoms with Crippen LogP contribution in [0.15, 0.2) is 61.3 Å². The van der Waals surface area contributed by atoms with Crippen LogP contribution in [0.3, 0.4) is 0 Å². The first kappa shape index (κ1) is 23.4. The summed E-state index contributed by atoms with van der Waals surface area (Å²) < 4.78 is 41.3. The number of anilines is 4. The van der Waals surface area contributed by atoms with Gasteiger partial charge in [0.2, 0.25) is 5.78 Å². The number of aromatic nitrogens is 1. The molecule has 3 aromatic rings. The minimum absolute atomic E-state index is 0.00338. The van der Waals surface area contributed by atoms with Crippen molar-refractivity contribution >= 4 is 39.4 Å². The number of ketones is 1. The van der Waals surface area contributed by atoms with Gasteiger partial charge in [-0.3, -0.25) is 4.79 Å². The Morgan fingerprint density at radius 2 is 1.85 bits per heavy atom. The molecule has 7 nitrogen and oxygen atoms in total. The molecule has 1 fully saturated rings. The van der Waals surface area contributed by atoms with Gasteiger partial charge in [-0.1, -0.05) is 30.0 Å². The summed E-state index contributed by atoms with van der Waals surface area (Å²) in [5.41, 5.74) is 7.81. The highest BCUT2D eigenvalue weighted by molar-refractivity contribution is 7.18. The highest BCUT2D eigenvalue weighted by Gasteiger charge is 2.31. The number of benzene rings is 2. The van der Waals surface area contributed by atoms with Gasteiger partial charge in [-0.25, -0.2) is 4.98 Å². The molecule has 3 N–H and O–H groups in total. The summed E-state index contributed by atoms with van der Waals surface area (Å²) in [7, 11) is 0. The average Bonchev–Trinajstić information content (AvgIpc) is 3.18. The topological polar surface area (TPSA) is 83.7 Å². The molecule has 0 atom stereocenters. The number of piperazine rings is 1. The van der Waals surface area contributed by atoms with E-state index in [0.29, 0.717) is 5.13 Å². The number of hydrogen-bond donors (Lipinski definition) is 2. The molecule has 0 amide bonds. The first-order valence-corrected chi connectivity index (χ1v) is 11.2. The highest BCUT2D eigenvalue weighted by atomic mass is 32.1.